The van der Waals surface area contributed by atoms with Crippen LogP contribution in [0.2, 0.25) is 0 Å². The molecule has 0 bridgehead atoms. The number of unbranched alkanes of at least 4 members (excludes halogenated alkanes) is 12. The number of carbonyl (C=O) groups excluding carboxylic acids is 11. The number of imidazole rings is 1. The Kier molecular flexibility index (Phi) is 45.3. The number of guanidine groups is 3. The molecule has 0 aliphatic heterocycles. The van der Waals surface area contributed by atoms with Crippen molar-refractivity contribution < 1.29 is 63.0 Å². The molecule has 2 rings (SSSR count). The van der Waals surface area contributed by atoms with Gasteiger partial charge in [0.2, 0.25) is 65.0 Å². The van der Waals surface area contributed by atoms with Gasteiger partial charge in [-0.05, 0) is 81.9 Å². The lowest BCUT2D eigenvalue weighted by Gasteiger charge is -2.26. The Morgan fingerprint density at radius 2 is 0.871 bits per heavy atom. The second kappa shape index (κ2) is 51.3. The van der Waals surface area contributed by atoms with E-state index in [1.165, 1.54) is 95.1 Å². The molecule has 0 spiro atoms. The van der Waals surface area contributed by atoms with Crippen molar-refractivity contribution in [3.8, 4) is 5.75 Å². The summed E-state index contributed by atoms with van der Waals surface area (Å²) in [5.74, 6) is -10.0. The van der Waals surface area contributed by atoms with Crippen molar-refractivity contribution in [3.05, 3.63) is 48.0 Å². The van der Waals surface area contributed by atoms with E-state index < -0.39 is 133 Å². The lowest BCUT2D eigenvalue weighted by molar-refractivity contribution is -0.135. The molecule has 35 nitrogen and oxygen atoms in total. The normalized spacial score (nSPS) is 13.2. The highest BCUT2D eigenvalue weighted by Crippen LogP contribution is 2.16. The second-order valence-electron chi connectivity index (χ2n) is 25.0. The number of benzene rings is 1. The molecule has 0 saturated carbocycles. The van der Waals surface area contributed by atoms with Gasteiger partial charge >= 0.3 is 0 Å². The molecule has 1 aromatic heterocycles. The number of aromatic hydroxyl groups is 1. The minimum atomic E-state index is -1.50. The first-order valence-electron chi connectivity index (χ1n) is 34.4. The monoisotopic (exact) mass is 1420 g/mol. The van der Waals surface area contributed by atoms with Crippen molar-refractivity contribution in [2.45, 2.75) is 231 Å². The van der Waals surface area contributed by atoms with E-state index in [2.05, 4.69) is 85.0 Å². The van der Waals surface area contributed by atoms with Gasteiger partial charge in [0.05, 0.1) is 26.0 Å². The van der Waals surface area contributed by atoms with Crippen molar-refractivity contribution in [1.29, 1.82) is 0 Å². The average Bonchev–Trinajstić information content (AvgIpc) is 1.36. The highest BCUT2D eigenvalue weighted by Gasteiger charge is 2.33. The van der Waals surface area contributed by atoms with Crippen LogP contribution in [0.5, 0.6) is 5.75 Å². The Morgan fingerprint density at radius 1 is 0.465 bits per heavy atom. The van der Waals surface area contributed by atoms with Gasteiger partial charge in [-0.1, -0.05) is 117 Å². The lowest BCUT2D eigenvalue weighted by Crippen LogP contribution is -2.59. The average molecular weight is 1430 g/mol. The van der Waals surface area contributed by atoms with E-state index in [4.69, 9.17) is 40.1 Å². The Morgan fingerprint density at radius 3 is 1.34 bits per heavy atom. The molecule has 0 aliphatic rings. The summed E-state index contributed by atoms with van der Waals surface area (Å²) in [5, 5.41) is 45.5. The first kappa shape index (κ1) is 89.2. The van der Waals surface area contributed by atoms with E-state index in [-0.39, 0.29) is 121 Å². The number of aliphatic hydroxyl groups excluding tert-OH is 1. The van der Waals surface area contributed by atoms with Gasteiger partial charge in [0.1, 0.15) is 54.1 Å². The minimum absolute atomic E-state index is 0. The number of rotatable bonds is 53. The summed E-state index contributed by atoms with van der Waals surface area (Å²) >= 11 is 0. The first-order chi connectivity index (χ1) is 47.6. The fourth-order valence-electron chi connectivity index (χ4n) is 10.3. The predicted octanol–water partition coefficient (Wildman–Crippen LogP) is -2.17. The third kappa shape index (κ3) is 40.7. The zero-order valence-electron chi connectivity index (χ0n) is 58.4. The molecule has 27 N–H and O–H groups in total. The Bertz CT molecular complexity index is 2940. The molecule has 0 unspecified atom stereocenters. The number of phenols is 1. The van der Waals surface area contributed by atoms with Crippen LogP contribution in [0.15, 0.2) is 51.8 Å². The van der Waals surface area contributed by atoms with E-state index in [1.807, 2.05) is 0 Å². The number of aromatic amines is 1. The number of hydrogen-bond acceptors (Lipinski definition) is 17. The summed E-state index contributed by atoms with van der Waals surface area (Å²) in [4.78, 5) is 168. The third-order valence-corrected chi connectivity index (χ3v) is 15.7. The van der Waals surface area contributed by atoms with E-state index in [0.29, 0.717) is 17.7 Å². The number of aliphatic imine (C=N–C) groups is 3. The largest absolute Gasteiger partial charge is 0.508 e. The zero-order valence-corrected chi connectivity index (χ0v) is 58.4. The molecule has 2 aromatic rings. The fourth-order valence-corrected chi connectivity index (χ4v) is 10.3. The number of nitrogens with two attached hydrogens (primary N) is 7. The maximum absolute atomic E-state index is 14.5. The molecule has 11 amide bonds. The number of amides is 11. The van der Waals surface area contributed by atoms with Gasteiger partial charge < -0.3 is 109 Å². The molecule has 1 aromatic carbocycles. The van der Waals surface area contributed by atoms with Crippen LogP contribution in [-0.2, 0) is 65.6 Å². The van der Waals surface area contributed by atoms with Crippen LogP contribution in [0.1, 0.15) is 181 Å². The summed E-state index contributed by atoms with van der Waals surface area (Å²) < 4.78 is 0. The number of aliphatic hydroxyl groups is 1. The van der Waals surface area contributed by atoms with Crippen LogP contribution in [-0.4, -0.2) is 191 Å². The van der Waals surface area contributed by atoms with Crippen molar-refractivity contribution in [2.75, 3.05) is 39.3 Å². The van der Waals surface area contributed by atoms with Crippen LogP contribution in [0.4, 0.5) is 0 Å². The summed E-state index contributed by atoms with van der Waals surface area (Å²) in [6, 6.07) is -5.18. The van der Waals surface area contributed by atoms with Gasteiger partial charge in [-0.2, -0.15) is 0 Å². The summed E-state index contributed by atoms with van der Waals surface area (Å²) in [6.07, 6.45) is 17.4. The summed E-state index contributed by atoms with van der Waals surface area (Å²) in [5.41, 5.74) is 39.3. The number of carbonyl (C=O) groups is 11. The number of nitrogens with one attached hydrogen (secondary N) is 11. The molecular formula is C66H116N22O13. The van der Waals surface area contributed by atoms with E-state index in [9.17, 15) is 63.0 Å². The fraction of sp³-hybridized carbons (Fsp3) is 0.652. The van der Waals surface area contributed by atoms with E-state index in [0.717, 1.165) is 25.7 Å². The number of nitrogens with zero attached hydrogens (tertiary/aromatic N) is 4. The van der Waals surface area contributed by atoms with Crippen LogP contribution in [0, 0.1) is 5.92 Å². The van der Waals surface area contributed by atoms with Gasteiger partial charge in [0.25, 0.3) is 0 Å². The molecule has 0 radical (unpaired) electrons. The zero-order chi connectivity index (χ0) is 74.4. The molecule has 1 heterocycles. The van der Waals surface area contributed by atoms with Crippen LogP contribution in [0.3, 0.4) is 0 Å². The van der Waals surface area contributed by atoms with Gasteiger partial charge in [-0.15, -0.1) is 0 Å². The van der Waals surface area contributed by atoms with Crippen LogP contribution < -0.4 is 93.3 Å². The molecule has 0 fully saturated rings. The highest BCUT2D eigenvalue weighted by molar-refractivity contribution is 5.98. The van der Waals surface area contributed by atoms with E-state index in [1.54, 1.807) is 13.8 Å². The Balaban J connectivity index is 0.0000510. The first-order valence-corrected chi connectivity index (χ1v) is 34.4. The molecule has 35 heteroatoms. The van der Waals surface area contributed by atoms with Gasteiger partial charge in [0, 0.05) is 50.8 Å². The molecule has 568 valence electrons. The Labute approximate surface area is 592 Å². The molecule has 101 heavy (non-hydrogen) atoms. The standard InChI is InChI=1S/C65H112N22O13.CH4/c1-5-6-7-8-9-10-11-12-13-14-15-16-17-24-52(90)83-51(38-88)58(96)78-36-53(91)81-46(22-19-30-75-64(69)70)59(97)85-47(23-20-31-76-65(71)72)60(98)87-49(33-42-25-27-44(89)28-26-42)57(95)77-37-54(92)82-50(34-43-35-73-39-79-43)61(99)80-41(4)56(94)86-48(32-40(2)3)62(100)84-45(55(66)93)21-18-29-74-63(67)68;/h25-28,35,39-41,45-51,88-89H,5-24,29-34,36-38H2,1-4H3,(H2,66,93)(H,73,79)(H,77,95)(H,78,96)(H,80,99)(H,81,91)(H,82,92)(H,83,90)(H,84,100)(H,85,97)(H,86,94)(H,87,98)(H4,67,68,74)(H4,69,70,75)(H4,71,72,76);1H4/t41-,45-,46-,47-,48-,49-,50-,51-;/m0./s1. The van der Waals surface area contributed by atoms with Crippen molar-refractivity contribution in [2.24, 2.45) is 61.0 Å². The van der Waals surface area contributed by atoms with Gasteiger partial charge in [0.15, 0.2) is 17.9 Å². The summed E-state index contributed by atoms with van der Waals surface area (Å²) in [6.45, 7) is 5.03. The Hall–Kier alpha value is -9.83. The van der Waals surface area contributed by atoms with Gasteiger partial charge in [-0.3, -0.25) is 67.7 Å². The van der Waals surface area contributed by atoms with Crippen molar-refractivity contribution >= 4 is 82.9 Å². The van der Waals surface area contributed by atoms with Crippen LogP contribution >= 0.6 is 0 Å². The molecule has 0 aliphatic carbocycles. The maximum atomic E-state index is 14.5. The number of aromatic nitrogens is 2. The lowest BCUT2D eigenvalue weighted by atomic mass is 10.0. The second-order valence-corrected chi connectivity index (χ2v) is 25.0. The summed E-state index contributed by atoms with van der Waals surface area (Å²) in [7, 11) is 0. The highest BCUT2D eigenvalue weighted by atomic mass is 16.3. The van der Waals surface area contributed by atoms with Crippen LogP contribution in [0.25, 0.3) is 0 Å². The SMILES string of the molecule is C.CCCCCCCCCCCCCCCC(=O)N[C@@H](CO)C(=O)NCC(=O)N[C@@H](CCCN=C(N)N)C(=O)N[C@@H](CCCN=C(N)N)C(=O)N[C@@H](Cc1ccc(O)cc1)C(=O)NCC(=O)N[C@@H](Cc1cnc[nH]1)C(=O)N[C@@H](C)C(=O)N[C@@H](CC(C)C)C(=O)N[C@@H](CCCN=C(N)N)C(N)=O. The maximum Gasteiger partial charge on any atom is 0.245 e. The van der Waals surface area contributed by atoms with Gasteiger partial charge in [-0.25, -0.2) is 4.98 Å². The van der Waals surface area contributed by atoms with Crippen molar-refractivity contribution in [1.82, 2.24) is 63.1 Å². The molecule has 8 atom stereocenters. The molecular weight excluding hydrogens is 1310 g/mol. The minimum Gasteiger partial charge on any atom is -0.508 e. The van der Waals surface area contributed by atoms with E-state index >= 15 is 0 Å². The topological polar surface area (TPSA) is 596 Å². The quantitative estimate of drug-likeness (QED) is 0.0190. The number of primary amides is 1. The third-order valence-electron chi connectivity index (χ3n) is 15.7. The number of H-pyrrole nitrogens is 1. The predicted molar refractivity (Wildman–Crippen MR) is 384 cm³/mol. The molecule has 0 saturated heterocycles. The smallest absolute Gasteiger partial charge is 0.245 e. The van der Waals surface area contributed by atoms with Crippen molar-refractivity contribution in [3.63, 3.8) is 0 Å². The number of phenolic OH excluding ortho intramolecular Hbond substituents is 1. The number of hydrogen-bond donors (Lipinski definition) is 20.